The van der Waals surface area contributed by atoms with Crippen molar-refractivity contribution in [1.29, 1.82) is 0 Å². The standard InChI is InChI=1S/C17H20BrNO4/c1-17(2,3)23-16(20)19-10-12(18)9-13(19)11-6-7-14(21-4)15(8-11)22-5/h6-10H,1-5H3. The van der Waals surface area contributed by atoms with Crippen LogP contribution in [0.3, 0.4) is 0 Å². The van der Waals surface area contributed by atoms with Gasteiger partial charge in [0.05, 0.1) is 19.9 Å². The lowest BCUT2D eigenvalue weighted by atomic mass is 10.1. The number of hydrogen-bond acceptors (Lipinski definition) is 4. The highest BCUT2D eigenvalue weighted by atomic mass is 79.9. The van der Waals surface area contributed by atoms with Crippen LogP contribution in [0.15, 0.2) is 34.9 Å². The summed E-state index contributed by atoms with van der Waals surface area (Å²) in [6, 6.07) is 7.34. The Hall–Kier alpha value is -1.95. The van der Waals surface area contributed by atoms with Crippen molar-refractivity contribution < 1.29 is 19.0 Å². The number of rotatable bonds is 3. The fourth-order valence-electron chi connectivity index (χ4n) is 2.11. The van der Waals surface area contributed by atoms with Crippen molar-refractivity contribution in [3.05, 3.63) is 34.9 Å². The maximum atomic E-state index is 12.4. The highest BCUT2D eigenvalue weighted by Gasteiger charge is 2.21. The van der Waals surface area contributed by atoms with Gasteiger partial charge < -0.3 is 14.2 Å². The van der Waals surface area contributed by atoms with E-state index >= 15 is 0 Å². The molecule has 0 aliphatic heterocycles. The molecule has 1 aromatic carbocycles. The fourth-order valence-corrected chi connectivity index (χ4v) is 2.53. The molecule has 0 amide bonds. The van der Waals surface area contributed by atoms with Crippen molar-refractivity contribution in [3.63, 3.8) is 0 Å². The van der Waals surface area contributed by atoms with Crippen molar-refractivity contribution >= 4 is 22.0 Å². The van der Waals surface area contributed by atoms with Gasteiger partial charge in [-0.1, -0.05) is 0 Å². The van der Waals surface area contributed by atoms with Crippen LogP contribution in [0.2, 0.25) is 0 Å². The molecule has 0 atom stereocenters. The Labute approximate surface area is 144 Å². The van der Waals surface area contributed by atoms with Crippen LogP contribution in [-0.4, -0.2) is 30.5 Å². The number of aromatic nitrogens is 1. The summed E-state index contributed by atoms with van der Waals surface area (Å²) in [6.45, 7) is 5.50. The molecule has 124 valence electrons. The van der Waals surface area contributed by atoms with Gasteiger partial charge in [0.25, 0.3) is 0 Å². The summed E-state index contributed by atoms with van der Waals surface area (Å²) in [5, 5.41) is 0. The third kappa shape index (κ3) is 4.07. The van der Waals surface area contributed by atoms with E-state index in [9.17, 15) is 4.79 Å². The minimum Gasteiger partial charge on any atom is -0.493 e. The largest absolute Gasteiger partial charge is 0.493 e. The Morgan fingerprint density at radius 1 is 1.09 bits per heavy atom. The summed E-state index contributed by atoms with van der Waals surface area (Å²) in [7, 11) is 3.15. The molecule has 0 N–H and O–H groups in total. The van der Waals surface area contributed by atoms with Crippen LogP contribution in [0.5, 0.6) is 11.5 Å². The molecular formula is C17H20BrNO4. The number of carbonyl (C=O) groups is 1. The van der Waals surface area contributed by atoms with Crippen LogP contribution >= 0.6 is 15.9 Å². The Kier molecular flexibility index (Phi) is 5.04. The second-order valence-corrected chi connectivity index (χ2v) is 6.88. The molecule has 0 radical (unpaired) electrons. The van der Waals surface area contributed by atoms with Crippen molar-refractivity contribution in [2.24, 2.45) is 0 Å². The second-order valence-electron chi connectivity index (χ2n) is 5.96. The van der Waals surface area contributed by atoms with Crippen LogP contribution < -0.4 is 9.47 Å². The first-order chi connectivity index (χ1) is 10.7. The number of methoxy groups -OCH3 is 2. The van der Waals surface area contributed by atoms with Gasteiger partial charge in [-0.25, -0.2) is 4.79 Å². The van der Waals surface area contributed by atoms with E-state index in [1.165, 1.54) is 4.57 Å². The molecular weight excluding hydrogens is 362 g/mol. The van der Waals surface area contributed by atoms with E-state index < -0.39 is 11.7 Å². The first-order valence-corrected chi connectivity index (χ1v) is 7.88. The maximum Gasteiger partial charge on any atom is 0.419 e. The van der Waals surface area contributed by atoms with Crippen molar-refractivity contribution in [2.45, 2.75) is 26.4 Å². The predicted octanol–water partition coefficient (Wildman–Crippen LogP) is 4.72. The summed E-state index contributed by atoms with van der Waals surface area (Å²) in [6.07, 6.45) is 1.24. The molecule has 0 fully saturated rings. The number of halogens is 1. The first-order valence-electron chi connectivity index (χ1n) is 7.09. The van der Waals surface area contributed by atoms with Crippen molar-refractivity contribution in [3.8, 4) is 22.8 Å². The minimum absolute atomic E-state index is 0.437. The van der Waals surface area contributed by atoms with Gasteiger partial charge in [-0.15, -0.1) is 0 Å². The SMILES string of the molecule is COc1ccc(-c2cc(Br)cn2C(=O)OC(C)(C)C)cc1OC. The highest BCUT2D eigenvalue weighted by molar-refractivity contribution is 9.10. The Morgan fingerprint density at radius 3 is 2.30 bits per heavy atom. The molecule has 1 aromatic heterocycles. The lowest BCUT2D eigenvalue weighted by Crippen LogP contribution is -2.27. The van der Waals surface area contributed by atoms with Gasteiger partial charge in [-0.05, 0) is 61.0 Å². The monoisotopic (exact) mass is 381 g/mol. The molecule has 0 aliphatic rings. The summed E-state index contributed by atoms with van der Waals surface area (Å²) in [4.78, 5) is 12.4. The van der Waals surface area contributed by atoms with Gasteiger partial charge in [0.15, 0.2) is 11.5 Å². The third-order valence-electron chi connectivity index (χ3n) is 3.06. The Morgan fingerprint density at radius 2 is 1.74 bits per heavy atom. The smallest absolute Gasteiger partial charge is 0.419 e. The summed E-state index contributed by atoms with van der Waals surface area (Å²) < 4.78 is 18.3. The molecule has 6 heteroatoms. The topological polar surface area (TPSA) is 49.7 Å². The Bertz CT molecular complexity index is 716. The van der Waals surface area contributed by atoms with Gasteiger partial charge in [0.2, 0.25) is 0 Å². The molecule has 0 aliphatic carbocycles. The zero-order valence-electron chi connectivity index (χ0n) is 13.8. The van der Waals surface area contributed by atoms with E-state index in [1.54, 1.807) is 26.5 Å². The van der Waals surface area contributed by atoms with E-state index in [0.717, 1.165) is 10.0 Å². The van der Waals surface area contributed by atoms with Crippen LogP contribution in [0.25, 0.3) is 11.3 Å². The molecule has 0 spiro atoms. The zero-order chi connectivity index (χ0) is 17.2. The number of benzene rings is 1. The van der Waals surface area contributed by atoms with Gasteiger partial charge >= 0.3 is 6.09 Å². The predicted molar refractivity (Wildman–Crippen MR) is 92.3 cm³/mol. The van der Waals surface area contributed by atoms with Gasteiger partial charge in [0.1, 0.15) is 5.60 Å². The van der Waals surface area contributed by atoms with Gasteiger partial charge in [-0.2, -0.15) is 0 Å². The molecule has 23 heavy (non-hydrogen) atoms. The molecule has 2 aromatic rings. The lowest BCUT2D eigenvalue weighted by molar-refractivity contribution is 0.0540. The number of nitrogens with zero attached hydrogens (tertiary/aromatic N) is 1. The molecule has 2 rings (SSSR count). The van der Waals surface area contributed by atoms with E-state index in [2.05, 4.69) is 15.9 Å². The van der Waals surface area contributed by atoms with E-state index in [1.807, 2.05) is 39.0 Å². The quantitative estimate of drug-likeness (QED) is 0.771. The molecule has 1 heterocycles. The normalized spacial score (nSPS) is 11.2. The highest BCUT2D eigenvalue weighted by Crippen LogP contribution is 2.34. The maximum absolute atomic E-state index is 12.4. The third-order valence-corrected chi connectivity index (χ3v) is 3.49. The lowest BCUT2D eigenvalue weighted by Gasteiger charge is -2.20. The molecule has 0 saturated heterocycles. The number of carbonyl (C=O) groups excluding carboxylic acids is 1. The minimum atomic E-state index is -0.567. The van der Waals surface area contributed by atoms with Crippen molar-refractivity contribution in [2.75, 3.05) is 14.2 Å². The zero-order valence-corrected chi connectivity index (χ0v) is 15.4. The average Bonchev–Trinajstić information content (AvgIpc) is 2.87. The fraction of sp³-hybridized carbons (Fsp3) is 0.353. The first kappa shape index (κ1) is 17.4. The van der Waals surface area contributed by atoms with E-state index in [4.69, 9.17) is 14.2 Å². The van der Waals surface area contributed by atoms with Crippen LogP contribution in [0, 0.1) is 0 Å². The van der Waals surface area contributed by atoms with Gasteiger partial charge in [0, 0.05) is 16.2 Å². The number of ether oxygens (including phenoxy) is 3. The summed E-state index contributed by atoms with van der Waals surface area (Å²) in [5.74, 6) is 1.23. The Balaban J connectivity index is 2.46. The molecule has 0 bridgehead atoms. The summed E-state index contributed by atoms with van der Waals surface area (Å²) >= 11 is 3.41. The second kappa shape index (κ2) is 6.66. The molecule has 0 unspecified atom stereocenters. The molecule has 0 saturated carbocycles. The van der Waals surface area contributed by atoms with E-state index in [0.29, 0.717) is 17.2 Å². The number of hydrogen-bond donors (Lipinski definition) is 0. The van der Waals surface area contributed by atoms with Crippen molar-refractivity contribution in [1.82, 2.24) is 4.57 Å². The van der Waals surface area contributed by atoms with Crippen LogP contribution in [0.4, 0.5) is 4.79 Å². The van der Waals surface area contributed by atoms with Crippen LogP contribution in [-0.2, 0) is 4.74 Å². The molecule has 5 nitrogen and oxygen atoms in total. The van der Waals surface area contributed by atoms with E-state index in [-0.39, 0.29) is 0 Å². The van der Waals surface area contributed by atoms with Gasteiger partial charge in [-0.3, -0.25) is 4.57 Å². The average molecular weight is 382 g/mol. The summed E-state index contributed by atoms with van der Waals surface area (Å²) in [5.41, 5.74) is 0.953. The van der Waals surface area contributed by atoms with Crippen LogP contribution in [0.1, 0.15) is 20.8 Å².